The van der Waals surface area contributed by atoms with Crippen molar-refractivity contribution < 1.29 is 9.53 Å². The van der Waals surface area contributed by atoms with Gasteiger partial charge in [-0.3, -0.25) is 9.48 Å². The Morgan fingerprint density at radius 2 is 1.79 bits per heavy atom. The number of nitrogens with two attached hydrogens (primary N) is 2. The average Bonchev–Trinajstić information content (AvgIpc) is 3.15. The van der Waals surface area contributed by atoms with E-state index in [9.17, 15) is 4.79 Å². The molecule has 0 fully saturated rings. The highest BCUT2D eigenvalue weighted by Crippen LogP contribution is 2.40. The molecule has 6 heteroatoms. The zero-order valence-corrected chi connectivity index (χ0v) is 16.5. The van der Waals surface area contributed by atoms with Gasteiger partial charge in [-0.25, -0.2) is 0 Å². The van der Waals surface area contributed by atoms with E-state index in [2.05, 4.69) is 6.92 Å². The summed E-state index contributed by atoms with van der Waals surface area (Å²) in [6.07, 6.45) is 2.89. The van der Waals surface area contributed by atoms with Crippen LogP contribution in [0.15, 0.2) is 54.6 Å². The Hall–Kier alpha value is -3.12. The maximum atomic E-state index is 12.4. The first-order chi connectivity index (χ1) is 14.1. The molecule has 29 heavy (non-hydrogen) atoms. The van der Waals surface area contributed by atoms with E-state index in [1.165, 1.54) is 0 Å². The number of aromatic nitrogens is 2. The molecule has 0 saturated heterocycles. The smallest absolute Gasteiger partial charge is 0.252 e. The predicted molar refractivity (Wildman–Crippen MR) is 113 cm³/mol. The van der Waals surface area contributed by atoms with Crippen molar-refractivity contribution in [2.45, 2.75) is 38.1 Å². The van der Waals surface area contributed by atoms with Gasteiger partial charge >= 0.3 is 0 Å². The number of primary amides is 1. The fourth-order valence-corrected chi connectivity index (χ4v) is 4.14. The van der Waals surface area contributed by atoms with Crippen LogP contribution in [-0.4, -0.2) is 22.2 Å². The lowest BCUT2D eigenvalue weighted by Gasteiger charge is -2.29. The lowest BCUT2D eigenvalue weighted by atomic mass is 9.87. The van der Waals surface area contributed by atoms with Crippen LogP contribution in [0.25, 0.3) is 11.3 Å². The first-order valence-corrected chi connectivity index (χ1v) is 10.1. The van der Waals surface area contributed by atoms with E-state index in [1.54, 1.807) is 0 Å². The molecule has 2 heterocycles. The largest absolute Gasteiger partial charge is 0.457 e. The van der Waals surface area contributed by atoms with Crippen LogP contribution >= 0.6 is 0 Å². The molecule has 0 radical (unpaired) electrons. The van der Waals surface area contributed by atoms with E-state index in [4.69, 9.17) is 21.3 Å². The normalized spacial score (nSPS) is 18.3. The third-order valence-corrected chi connectivity index (χ3v) is 5.65. The number of hydrogen-bond acceptors (Lipinski definition) is 4. The van der Waals surface area contributed by atoms with Crippen LogP contribution in [-0.2, 0) is 0 Å². The van der Waals surface area contributed by atoms with Gasteiger partial charge in [-0.1, -0.05) is 25.1 Å². The van der Waals surface area contributed by atoms with E-state index in [0.717, 1.165) is 42.0 Å². The first kappa shape index (κ1) is 19.2. The number of amides is 1. The second-order valence-corrected chi connectivity index (χ2v) is 7.43. The minimum atomic E-state index is -0.443. The number of carbonyl (C=O) groups is 1. The molecule has 2 aromatic carbocycles. The van der Waals surface area contributed by atoms with E-state index < -0.39 is 5.91 Å². The Morgan fingerprint density at radius 3 is 2.41 bits per heavy atom. The summed E-state index contributed by atoms with van der Waals surface area (Å²) in [6, 6.07) is 17.3. The highest BCUT2D eigenvalue weighted by Gasteiger charge is 2.33. The van der Waals surface area contributed by atoms with Gasteiger partial charge in [-0.15, -0.1) is 0 Å². The number of rotatable bonds is 6. The number of carbonyl (C=O) groups excluding carboxylic acids is 1. The molecule has 6 nitrogen and oxygen atoms in total. The number of ether oxygens (including phenoxy) is 1. The van der Waals surface area contributed by atoms with Gasteiger partial charge in [-0.05, 0) is 55.7 Å². The van der Waals surface area contributed by atoms with Crippen molar-refractivity contribution in [3.8, 4) is 22.8 Å². The Kier molecular flexibility index (Phi) is 5.36. The van der Waals surface area contributed by atoms with Gasteiger partial charge in [0.15, 0.2) is 0 Å². The van der Waals surface area contributed by atoms with Crippen molar-refractivity contribution in [2.75, 3.05) is 6.54 Å². The van der Waals surface area contributed by atoms with E-state index in [-0.39, 0.29) is 12.0 Å². The summed E-state index contributed by atoms with van der Waals surface area (Å²) in [5, 5.41) is 4.80. The number of nitrogens with zero attached hydrogens (tertiary/aromatic N) is 2. The third-order valence-electron chi connectivity index (χ3n) is 5.65. The van der Waals surface area contributed by atoms with Crippen molar-refractivity contribution in [1.29, 1.82) is 0 Å². The summed E-state index contributed by atoms with van der Waals surface area (Å²) < 4.78 is 7.81. The zero-order valence-electron chi connectivity index (χ0n) is 16.5. The molecule has 0 aliphatic carbocycles. The lowest BCUT2D eigenvalue weighted by Crippen LogP contribution is -2.29. The molecule has 0 bridgehead atoms. The van der Waals surface area contributed by atoms with Gasteiger partial charge in [0.1, 0.15) is 17.2 Å². The minimum Gasteiger partial charge on any atom is -0.457 e. The highest BCUT2D eigenvalue weighted by atomic mass is 16.5. The van der Waals surface area contributed by atoms with Gasteiger partial charge in [0.25, 0.3) is 5.91 Å². The molecule has 1 amide bonds. The van der Waals surface area contributed by atoms with Gasteiger partial charge in [-0.2, -0.15) is 5.10 Å². The van der Waals surface area contributed by atoms with Gasteiger partial charge in [0.05, 0.1) is 17.3 Å². The number of para-hydroxylation sites is 1. The molecular weight excluding hydrogens is 364 g/mol. The number of fused-ring (bicyclic) bond motifs is 1. The van der Waals surface area contributed by atoms with Gasteiger partial charge < -0.3 is 16.2 Å². The molecule has 0 spiro atoms. The summed E-state index contributed by atoms with van der Waals surface area (Å²) in [4.78, 5) is 12.4. The van der Waals surface area contributed by atoms with Crippen LogP contribution in [0, 0.1) is 0 Å². The third kappa shape index (κ3) is 3.63. The van der Waals surface area contributed by atoms with Crippen LogP contribution in [0.5, 0.6) is 11.5 Å². The van der Waals surface area contributed by atoms with Crippen LogP contribution in [0.1, 0.15) is 54.2 Å². The molecule has 4 N–H and O–H groups in total. The molecule has 2 atom stereocenters. The van der Waals surface area contributed by atoms with E-state index >= 15 is 0 Å². The van der Waals surface area contributed by atoms with Crippen LogP contribution < -0.4 is 16.2 Å². The molecule has 1 aliphatic rings. The number of hydrogen-bond donors (Lipinski definition) is 2. The quantitative estimate of drug-likeness (QED) is 0.658. The topological polar surface area (TPSA) is 96.2 Å². The fraction of sp³-hybridized carbons (Fsp3) is 0.304. The monoisotopic (exact) mass is 390 g/mol. The Bertz CT molecular complexity index is 996. The summed E-state index contributed by atoms with van der Waals surface area (Å²) in [5.74, 6) is 1.31. The van der Waals surface area contributed by atoms with Crippen LogP contribution in [0.4, 0.5) is 0 Å². The maximum Gasteiger partial charge on any atom is 0.252 e. The molecule has 2 unspecified atom stereocenters. The fourth-order valence-electron chi connectivity index (χ4n) is 4.14. The maximum absolute atomic E-state index is 12.4. The van der Waals surface area contributed by atoms with Gasteiger partial charge in [0, 0.05) is 18.0 Å². The summed E-state index contributed by atoms with van der Waals surface area (Å²) in [7, 11) is 0. The van der Waals surface area contributed by atoms with Crippen molar-refractivity contribution in [2.24, 2.45) is 11.5 Å². The Morgan fingerprint density at radius 1 is 1.10 bits per heavy atom. The summed E-state index contributed by atoms with van der Waals surface area (Å²) in [6.45, 7) is 2.62. The number of benzene rings is 2. The van der Waals surface area contributed by atoms with Gasteiger partial charge in [0.2, 0.25) is 0 Å². The van der Waals surface area contributed by atoms with Crippen molar-refractivity contribution in [1.82, 2.24) is 9.78 Å². The Labute approximate surface area is 170 Å². The van der Waals surface area contributed by atoms with E-state index in [0.29, 0.717) is 17.8 Å². The molecular formula is C23H26N4O2. The second-order valence-electron chi connectivity index (χ2n) is 7.43. The van der Waals surface area contributed by atoms with Crippen LogP contribution in [0.3, 0.4) is 0 Å². The SMILES string of the molecule is CCC1CCC(CN)n2nc(-c3ccc(Oc4ccccc4)cc3)c(C(N)=O)c21. The minimum absolute atomic E-state index is 0.0975. The van der Waals surface area contributed by atoms with Crippen LogP contribution in [0.2, 0.25) is 0 Å². The van der Waals surface area contributed by atoms with E-state index in [1.807, 2.05) is 59.3 Å². The molecule has 1 aliphatic heterocycles. The standard InChI is InChI=1S/C23H26N4O2/c1-2-15-8-11-17(14-24)27-22(15)20(23(25)28)21(26-27)16-9-12-19(13-10-16)29-18-6-4-3-5-7-18/h3-7,9-10,12-13,15,17H,2,8,11,14,24H2,1H3,(H2,25,28). The Balaban J connectivity index is 1.73. The second kappa shape index (κ2) is 8.09. The molecule has 3 aromatic rings. The van der Waals surface area contributed by atoms with Crippen molar-refractivity contribution in [3.05, 3.63) is 65.9 Å². The highest BCUT2D eigenvalue weighted by molar-refractivity contribution is 6.00. The first-order valence-electron chi connectivity index (χ1n) is 10.1. The summed E-state index contributed by atoms with van der Waals surface area (Å²) in [5.41, 5.74) is 14.7. The average molecular weight is 390 g/mol. The molecule has 0 saturated carbocycles. The predicted octanol–water partition coefficient (Wildman–Crippen LogP) is 4.23. The zero-order chi connectivity index (χ0) is 20.4. The molecule has 150 valence electrons. The van der Waals surface area contributed by atoms with Crippen molar-refractivity contribution in [3.63, 3.8) is 0 Å². The summed E-state index contributed by atoms with van der Waals surface area (Å²) >= 11 is 0. The molecule has 4 rings (SSSR count). The lowest BCUT2D eigenvalue weighted by molar-refractivity contribution is 0.0998. The molecule has 1 aromatic heterocycles. The van der Waals surface area contributed by atoms with Crippen molar-refractivity contribution >= 4 is 5.91 Å².